The first-order valence-electron chi connectivity index (χ1n) is 11.1. The van der Waals surface area contributed by atoms with Crippen molar-refractivity contribution < 1.29 is 28.7 Å². The number of amides is 3. The van der Waals surface area contributed by atoms with Gasteiger partial charge in [0.1, 0.15) is 24.2 Å². The van der Waals surface area contributed by atoms with Gasteiger partial charge in [-0.05, 0) is 32.8 Å². The summed E-state index contributed by atoms with van der Waals surface area (Å²) in [6.45, 7) is 8.24. The van der Waals surface area contributed by atoms with Crippen LogP contribution in [0.3, 0.4) is 0 Å². The van der Waals surface area contributed by atoms with E-state index in [0.717, 1.165) is 4.90 Å². The Bertz CT molecular complexity index is 1020. The van der Waals surface area contributed by atoms with Gasteiger partial charge in [0.15, 0.2) is 0 Å². The molecule has 0 aliphatic rings. The van der Waals surface area contributed by atoms with Crippen LogP contribution < -0.4 is 10.6 Å². The van der Waals surface area contributed by atoms with Gasteiger partial charge in [-0.2, -0.15) is 0 Å². The highest BCUT2D eigenvalue weighted by atomic mass is 16.6. The SMILES string of the molecule is C#Cc1ccccc1C(C(=O)NCC(=O)OC)N(C#C)C(=O)C(NC(=O)OC(C)(C)C)C(C)CC. The van der Waals surface area contributed by atoms with Crippen molar-refractivity contribution in [2.24, 2.45) is 5.92 Å². The molecule has 0 aliphatic carbocycles. The number of benzene rings is 1. The topological polar surface area (TPSA) is 114 Å². The van der Waals surface area contributed by atoms with E-state index in [1.165, 1.54) is 7.11 Å². The van der Waals surface area contributed by atoms with Crippen molar-refractivity contribution in [1.29, 1.82) is 0 Å². The van der Waals surface area contributed by atoms with E-state index in [9.17, 15) is 19.2 Å². The minimum Gasteiger partial charge on any atom is -0.468 e. The lowest BCUT2D eigenvalue weighted by molar-refractivity contribution is -0.143. The summed E-state index contributed by atoms with van der Waals surface area (Å²) in [6.07, 6.45) is 11.1. The van der Waals surface area contributed by atoms with Crippen molar-refractivity contribution in [3.05, 3.63) is 35.4 Å². The summed E-state index contributed by atoms with van der Waals surface area (Å²) >= 11 is 0. The largest absolute Gasteiger partial charge is 0.468 e. The number of carbonyl (C=O) groups is 4. The van der Waals surface area contributed by atoms with Crippen molar-refractivity contribution >= 4 is 23.9 Å². The van der Waals surface area contributed by atoms with Crippen LogP contribution in [0.4, 0.5) is 4.79 Å². The van der Waals surface area contributed by atoms with Gasteiger partial charge in [-0.3, -0.25) is 19.3 Å². The van der Waals surface area contributed by atoms with Gasteiger partial charge >= 0.3 is 12.1 Å². The molecule has 0 bridgehead atoms. The minimum atomic E-state index is -1.38. The predicted octanol–water partition coefficient (Wildman–Crippen LogP) is 2.36. The second-order valence-electron chi connectivity index (χ2n) is 8.77. The second-order valence-corrected chi connectivity index (χ2v) is 8.77. The van der Waals surface area contributed by atoms with E-state index in [-0.39, 0.29) is 11.5 Å². The fourth-order valence-electron chi connectivity index (χ4n) is 3.13. The lowest BCUT2D eigenvalue weighted by atomic mass is 9.94. The first-order valence-corrected chi connectivity index (χ1v) is 11.1. The smallest absolute Gasteiger partial charge is 0.408 e. The number of terminal acetylenes is 2. The maximum atomic E-state index is 13.7. The number of nitrogens with one attached hydrogen (secondary N) is 2. The first kappa shape index (κ1) is 29.1. The lowest BCUT2D eigenvalue weighted by Gasteiger charge is -2.32. The highest BCUT2D eigenvalue weighted by Crippen LogP contribution is 2.26. The molecule has 35 heavy (non-hydrogen) atoms. The number of methoxy groups -OCH3 is 1. The monoisotopic (exact) mass is 483 g/mol. The second kappa shape index (κ2) is 13.0. The number of carbonyl (C=O) groups excluding carboxylic acids is 4. The van der Waals surface area contributed by atoms with Crippen LogP contribution in [-0.4, -0.2) is 54.1 Å². The zero-order valence-corrected chi connectivity index (χ0v) is 21.0. The number of alkyl carbamates (subject to hydrolysis) is 1. The Morgan fingerprint density at radius 2 is 1.77 bits per heavy atom. The molecule has 0 saturated carbocycles. The summed E-state index contributed by atoms with van der Waals surface area (Å²) in [5.41, 5.74) is -0.177. The summed E-state index contributed by atoms with van der Waals surface area (Å²) in [4.78, 5) is 51.8. The van der Waals surface area contributed by atoms with Crippen molar-refractivity contribution in [2.75, 3.05) is 13.7 Å². The molecule has 1 aromatic rings. The molecule has 9 heteroatoms. The van der Waals surface area contributed by atoms with Crippen molar-refractivity contribution in [1.82, 2.24) is 15.5 Å². The molecule has 9 nitrogen and oxygen atoms in total. The Balaban J connectivity index is 3.48. The Labute approximate surface area is 206 Å². The average molecular weight is 484 g/mol. The van der Waals surface area contributed by atoms with Crippen LogP contribution in [0.5, 0.6) is 0 Å². The maximum absolute atomic E-state index is 13.7. The molecule has 0 radical (unpaired) electrons. The van der Waals surface area contributed by atoms with Gasteiger partial charge in [0, 0.05) is 17.2 Å². The highest BCUT2D eigenvalue weighted by Gasteiger charge is 2.38. The number of hydrogen-bond donors (Lipinski definition) is 2. The van der Waals surface area contributed by atoms with Gasteiger partial charge < -0.3 is 20.1 Å². The summed E-state index contributed by atoms with van der Waals surface area (Å²) in [6, 6.07) is 6.26. The van der Waals surface area contributed by atoms with Gasteiger partial charge in [0.2, 0.25) is 5.91 Å². The zero-order valence-electron chi connectivity index (χ0n) is 21.0. The third-order valence-corrected chi connectivity index (χ3v) is 5.08. The van der Waals surface area contributed by atoms with Crippen molar-refractivity contribution in [2.45, 2.75) is 58.7 Å². The fraction of sp³-hybridized carbons (Fsp3) is 0.462. The molecule has 0 aromatic heterocycles. The zero-order chi connectivity index (χ0) is 26.8. The molecule has 0 fully saturated rings. The summed E-state index contributed by atoms with van der Waals surface area (Å²) < 4.78 is 9.87. The van der Waals surface area contributed by atoms with E-state index in [2.05, 4.69) is 27.3 Å². The van der Waals surface area contributed by atoms with Gasteiger partial charge in [-0.1, -0.05) is 50.8 Å². The van der Waals surface area contributed by atoms with E-state index in [0.29, 0.717) is 12.0 Å². The third-order valence-electron chi connectivity index (χ3n) is 5.08. The predicted molar refractivity (Wildman–Crippen MR) is 130 cm³/mol. The van der Waals surface area contributed by atoms with Crippen LogP contribution in [0.25, 0.3) is 0 Å². The fourth-order valence-corrected chi connectivity index (χ4v) is 3.13. The Hall–Kier alpha value is -3.98. The summed E-state index contributed by atoms with van der Waals surface area (Å²) in [7, 11) is 1.18. The van der Waals surface area contributed by atoms with E-state index in [1.54, 1.807) is 52.0 Å². The molecule has 0 heterocycles. The first-order chi connectivity index (χ1) is 16.4. The van der Waals surface area contributed by atoms with Crippen LogP contribution >= 0.6 is 0 Å². The maximum Gasteiger partial charge on any atom is 0.408 e. The van der Waals surface area contributed by atoms with Crippen molar-refractivity contribution in [3.8, 4) is 24.8 Å². The standard InChI is InChI=1S/C26H33N3O6/c1-9-17(4)21(28-25(33)35-26(5,6)7)24(32)29(11-3)22(23(31)27-16-20(30)34-8)19-15-13-12-14-18(19)10-2/h2-3,12-15,17,21-22H,9,16H2,1,4-8H3,(H,27,31)(H,28,33). The molecule has 3 unspecified atom stereocenters. The molecular formula is C26H33N3O6. The van der Waals surface area contributed by atoms with Gasteiger partial charge in [-0.15, -0.1) is 6.42 Å². The van der Waals surface area contributed by atoms with E-state index < -0.39 is 48.1 Å². The Morgan fingerprint density at radius 1 is 1.14 bits per heavy atom. The minimum absolute atomic E-state index is 0.281. The molecule has 3 amide bonds. The van der Waals surface area contributed by atoms with E-state index in [4.69, 9.17) is 17.6 Å². The lowest BCUT2D eigenvalue weighted by Crippen LogP contribution is -2.54. The third kappa shape index (κ3) is 8.38. The van der Waals surface area contributed by atoms with Crippen LogP contribution in [-0.2, 0) is 23.9 Å². The molecule has 2 N–H and O–H groups in total. The highest BCUT2D eigenvalue weighted by molar-refractivity contribution is 5.94. The van der Waals surface area contributed by atoms with E-state index >= 15 is 0 Å². The number of rotatable bonds is 9. The van der Waals surface area contributed by atoms with Gasteiger partial charge in [-0.25, -0.2) is 4.79 Å². The Morgan fingerprint density at radius 3 is 2.29 bits per heavy atom. The summed E-state index contributed by atoms with van der Waals surface area (Å²) in [5, 5.41) is 5.00. The van der Waals surface area contributed by atoms with Crippen LogP contribution in [0, 0.1) is 30.7 Å². The van der Waals surface area contributed by atoms with Gasteiger partial charge in [0.05, 0.1) is 7.11 Å². The average Bonchev–Trinajstić information content (AvgIpc) is 2.81. The van der Waals surface area contributed by atoms with Crippen LogP contribution in [0.2, 0.25) is 0 Å². The molecule has 188 valence electrons. The molecule has 1 rings (SSSR count). The van der Waals surface area contributed by atoms with Crippen LogP contribution in [0.1, 0.15) is 58.2 Å². The van der Waals surface area contributed by atoms with Crippen LogP contribution in [0.15, 0.2) is 24.3 Å². The number of ether oxygens (including phenoxy) is 2. The quantitative estimate of drug-likeness (QED) is 0.317. The van der Waals surface area contributed by atoms with Crippen molar-refractivity contribution in [3.63, 3.8) is 0 Å². The van der Waals surface area contributed by atoms with Gasteiger partial charge in [0.25, 0.3) is 5.91 Å². The molecular weight excluding hydrogens is 450 g/mol. The normalized spacial score (nSPS) is 13.1. The molecule has 3 atom stereocenters. The molecule has 1 aromatic carbocycles. The molecule has 0 aliphatic heterocycles. The Kier molecular flexibility index (Phi) is 10.8. The molecule has 0 spiro atoms. The summed E-state index contributed by atoms with van der Waals surface area (Å²) in [5.74, 6) is -0.0221. The number of hydrogen-bond acceptors (Lipinski definition) is 6. The number of nitrogens with zero attached hydrogens (tertiary/aromatic N) is 1. The molecule has 0 saturated heterocycles. The number of esters is 1. The van der Waals surface area contributed by atoms with E-state index in [1.807, 2.05) is 6.92 Å².